The van der Waals surface area contributed by atoms with Gasteiger partial charge in [-0.1, -0.05) is 23.7 Å². The van der Waals surface area contributed by atoms with Crippen molar-refractivity contribution in [3.8, 4) is 0 Å². The maximum absolute atomic E-state index is 11.6. The zero-order valence-corrected chi connectivity index (χ0v) is 12.6. The van der Waals surface area contributed by atoms with Crippen LogP contribution in [0.15, 0.2) is 30.3 Å². The molecular weight excluding hydrogens is 282 g/mol. The predicted octanol–water partition coefficient (Wildman–Crippen LogP) is 2.58. The molecule has 0 bridgehead atoms. The summed E-state index contributed by atoms with van der Waals surface area (Å²) in [7, 11) is 0. The molecule has 2 N–H and O–H groups in total. The number of amides is 1. The van der Waals surface area contributed by atoms with Crippen molar-refractivity contribution >= 4 is 35.3 Å². The van der Waals surface area contributed by atoms with Crippen LogP contribution in [-0.4, -0.2) is 35.2 Å². The SMILES string of the molecule is CSC[C@@](C)(O)CNC(=O)/C=C/c1ccc(Cl)cc1. The third-order valence-electron chi connectivity index (χ3n) is 2.40. The zero-order chi connectivity index (χ0) is 14.3. The number of benzene rings is 1. The number of aliphatic hydroxyl groups is 1. The zero-order valence-electron chi connectivity index (χ0n) is 11.0. The molecule has 0 heterocycles. The topological polar surface area (TPSA) is 49.3 Å². The van der Waals surface area contributed by atoms with Gasteiger partial charge in [-0.2, -0.15) is 11.8 Å². The van der Waals surface area contributed by atoms with Crippen molar-refractivity contribution in [1.29, 1.82) is 0 Å². The normalized spacial score (nSPS) is 14.3. The first-order valence-corrected chi connectivity index (χ1v) is 7.63. The molecule has 0 spiro atoms. The van der Waals surface area contributed by atoms with Gasteiger partial charge in [-0.15, -0.1) is 0 Å². The van der Waals surface area contributed by atoms with Crippen LogP contribution in [0.5, 0.6) is 0 Å². The summed E-state index contributed by atoms with van der Waals surface area (Å²) in [6.45, 7) is 1.93. The van der Waals surface area contributed by atoms with Gasteiger partial charge in [0.1, 0.15) is 0 Å². The van der Waals surface area contributed by atoms with Crippen LogP contribution in [0.1, 0.15) is 12.5 Å². The van der Waals surface area contributed by atoms with E-state index >= 15 is 0 Å². The van der Waals surface area contributed by atoms with Crippen molar-refractivity contribution in [2.45, 2.75) is 12.5 Å². The van der Waals surface area contributed by atoms with E-state index in [0.29, 0.717) is 10.8 Å². The Bertz CT molecular complexity index is 443. The smallest absolute Gasteiger partial charge is 0.244 e. The standard InChI is InChI=1S/C14H18ClNO2S/c1-14(18,10-19-2)9-16-13(17)8-5-11-3-6-12(15)7-4-11/h3-8,18H,9-10H2,1-2H3,(H,16,17)/b8-5+/t14-/m0/s1. The summed E-state index contributed by atoms with van der Waals surface area (Å²) in [6.07, 6.45) is 5.06. The molecule has 0 saturated heterocycles. The highest BCUT2D eigenvalue weighted by Gasteiger charge is 2.19. The summed E-state index contributed by atoms with van der Waals surface area (Å²) < 4.78 is 0. The second kappa shape index (κ2) is 7.58. The molecule has 104 valence electrons. The number of rotatable bonds is 6. The molecule has 1 aromatic rings. The Morgan fingerprint density at radius 2 is 2.11 bits per heavy atom. The van der Waals surface area contributed by atoms with E-state index in [0.717, 1.165) is 5.56 Å². The number of thioether (sulfide) groups is 1. The fourth-order valence-corrected chi connectivity index (χ4v) is 2.29. The van der Waals surface area contributed by atoms with Crippen LogP contribution >= 0.6 is 23.4 Å². The fourth-order valence-electron chi connectivity index (χ4n) is 1.44. The van der Waals surface area contributed by atoms with Crippen LogP contribution in [0.25, 0.3) is 6.08 Å². The van der Waals surface area contributed by atoms with E-state index in [-0.39, 0.29) is 12.5 Å². The molecule has 0 aromatic heterocycles. The molecule has 5 heteroatoms. The van der Waals surface area contributed by atoms with Crippen LogP contribution in [0, 0.1) is 0 Å². The molecule has 19 heavy (non-hydrogen) atoms. The second-order valence-corrected chi connectivity index (χ2v) is 5.84. The Morgan fingerprint density at radius 1 is 1.47 bits per heavy atom. The highest BCUT2D eigenvalue weighted by Crippen LogP contribution is 2.11. The Balaban J connectivity index is 2.45. The quantitative estimate of drug-likeness (QED) is 0.794. The summed E-state index contributed by atoms with van der Waals surface area (Å²) in [6, 6.07) is 7.19. The number of carbonyl (C=O) groups excluding carboxylic acids is 1. The molecule has 3 nitrogen and oxygen atoms in total. The van der Waals surface area contributed by atoms with Gasteiger partial charge in [0.25, 0.3) is 0 Å². The molecule has 1 rings (SSSR count). The Hall–Kier alpha value is -0.970. The number of hydrogen-bond donors (Lipinski definition) is 2. The molecule has 1 amide bonds. The van der Waals surface area contributed by atoms with Crippen molar-refractivity contribution in [2.75, 3.05) is 18.6 Å². The molecule has 0 unspecified atom stereocenters. The third-order valence-corrected chi connectivity index (χ3v) is 3.56. The first-order valence-electron chi connectivity index (χ1n) is 5.86. The van der Waals surface area contributed by atoms with Crippen LogP contribution in [-0.2, 0) is 4.79 Å². The van der Waals surface area contributed by atoms with Gasteiger partial charge in [-0.25, -0.2) is 0 Å². The minimum absolute atomic E-state index is 0.226. The predicted molar refractivity (Wildman–Crippen MR) is 82.5 cm³/mol. The molecule has 0 radical (unpaired) electrons. The van der Waals surface area contributed by atoms with Gasteiger partial charge in [-0.3, -0.25) is 4.79 Å². The summed E-state index contributed by atoms with van der Waals surface area (Å²) >= 11 is 7.31. The average molecular weight is 300 g/mol. The number of halogens is 1. The van der Waals surface area contributed by atoms with Crippen LogP contribution in [0.4, 0.5) is 0 Å². The van der Waals surface area contributed by atoms with Gasteiger partial charge < -0.3 is 10.4 Å². The van der Waals surface area contributed by atoms with Crippen molar-refractivity contribution in [3.63, 3.8) is 0 Å². The van der Waals surface area contributed by atoms with E-state index in [4.69, 9.17) is 11.6 Å². The largest absolute Gasteiger partial charge is 0.387 e. The molecule has 0 saturated carbocycles. The third kappa shape index (κ3) is 6.66. The molecule has 0 fully saturated rings. The first kappa shape index (κ1) is 16.1. The molecule has 0 aliphatic carbocycles. The Morgan fingerprint density at radius 3 is 2.68 bits per heavy atom. The van der Waals surface area contributed by atoms with E-state index in [1.807, 2.05) is 18.4 Å². The fraction of sp³-hybridized carbons (Fsp3) is 0.357. The van der Waals surface area contributed by atoms with Gasteiger partial charge in [0.15, 0.2) is 0 Å². The van der Waals surface area contributed by atoms with E-state index in [9.17, 15) is 9.90 Å². The van der Waals surface area contributed by atoms with Gasteiger partial charge >= 0.3 is 0 Å². The van der Waals surface area contributed by atoms with Gasteiger partial charge in [0, 0.05) is 23.4 Å². The minimum Gasteiger partial charge on any atom is -0.387 e. The minimum atomic E-state index is -0.886. The molecule has 0 aliphatic heterocycles. The average Bonchev–Trinajstić information content (AvgIpc) is 2.36. The van der Waals surface area contributed by atoms with Crippen molar-refractivity contribution < 1.29 is 9.90 Å². The Labute approximate surface area is 123 Å². The van der Waals surface area contributed by atoms with Crippen molar-refractivity contribution in [2.24, 2.45) is 0 Å². The lowest BCUT2D eigenvalue weighted by molar-refractivity contribution is -0.117. The summed E-state index contributed by atoms with van der Waals surface area (Å²) in [5, 5.41) is 13.2. The maximum atomic E-state index is 11.6. The Kier molecular flexibility index (Phi) is 6.42. The first-order chi connectivity index (χ1) is 8.93. The monoisotopic (exact) mass is 299 g/mol. The highest BCUT2D eigenvalue weighted by atomic mass is 35.5. The number of nitrogens with one attached hydrogen (secondary N) is 1. The summed E-state index contributed by atoms with van der Waals surface area (Å²) in [5.74, 6) is 0.352. The molecule has 1 atom stereocenters. The van der Waals surface area contributed by atoms with Crippen LogP contribution in [0.3, 0.4) is 0 Å². The van der Waals surface area contributed by atoms with E-state index in [1.54, 1.807) is 25.1 Å². The van der Waals surface area contributed by atoms with E-state index in [2.05, 4.69) is 5.32 Å². The van der Waals surface area contributed by atoms with Crippen LogP contribution < -0.4 is 5.32 Å². The van der Waals surface area contributed by atoms with Crippen molar-refractivity contribution in [3.05, 3.63) is 40.9 Å². The summed E-state index contributed by atoms with van der Waals surface area (Å²) in [5.41, 5.74) is 0.0128. The highest BCUT2D eigenvalue weighted by molar-refractivity contribution is 7.98. The molecule has 0 aliphatic rings. The lowest BCUT2D eigenvalue weighted by Gasteiger charge is -2.21. The van der Waals surface area contributed by atoms with Gasteiger partial charge in [0.2, 0.25) is 5.91 Å². The molecule has 1 aromatic carbocycles. The summed E-state index contributed by atoms with van der Waals surface area (Å²) in [4.78, 5) is 11.6. The lowest BCUT2D eigenvalue weighted by Crippen LogP contribution is -2.41. The van der Waals surface area contributed by atoms with Gasteiger partial charge in [0.05, 0.1) is 5.60 Å². The molecular formula is C14H18ClNO2S. The second-order valence-electron chi connectivity index (χ2n) is 4.53. The van der Waals surface area contributed by atoms with E-state index in [1.165, 1.54) is 17.8 Å². The lowest BCUT2D eigenvalue weighted by atomic mass is 10.1. The van der Waals surface area contributed by atoms with Gasteiger partial charge in [-0.05, 0) is 37.0 Å². The number of carbonyl (C=O) groups is 1. The maximum Gasteiger partial charge on any atom is 0.244 e. The number of hydrogen-bond acceptors (Lipinski definition) is 3. The van der Waals surface area contributed by atoms with Crippen molar-refractivity contribution in [1.82, 2.24) is 5.32 Å². The van der Waals surface area contributed by atoms with E-state index < -0.39 is 5.60 Å². The van der Waals surface area contributed by atoms with Crippen LogP contribution in [0.2, 0.25) is 5.02 Å².